The molecule has 4 nitrogen and oxygen atoms in total. The third-order valence-electron chi connectivity index (χ3n) is 2.48. The van der Waals surface area contributed by atoms with Gasteiger partial charge in [-0.3, -0.25) is 9.59 Å². The van der Waals surface area contributed by atoms with E-state index in [4.69, 9.17) is 5.73 Å². The van der Waals surface area contributed by atoms with Gasteiger partial charge in [0.05, 0.1) is 6.42 Å². The van der Waals surface area contributed by atoms with Crippen LogP contribution in [-0.4, -0.2) is 17.9 Å². The number of amides is 2. The zero-order chi connectivity index (χ0) is 14.4. The van der Waals surface area contributed by atoms with Crippen LogP contribution in [0.1, 0.15) is 12.0 Å². The molecule has 0 unspecified atom stereocenters. The van der Waals surface area contributed by atoms with Crippen LogP contribution in [0.5, 0.6) is 0 Å². The predicted octanol–water partition coefficient (Wildman–Crippen LogP) is 1.05. The van der Waals surface area contributed by atoms with Gasteiger partial charge < -0.3 is 11.1 Å². The highest BCUT2D eigenvalue weighted by Crippen LogP contribution is 2.12. The summed E-state index contributed by atoms with van der Waals surface area (Å²) in [5, 5.41) is 2.30. The van der Waals surface area contributed by atoms with Crippen molar-refractivity contribution in [2.75, 3.05) is 0 Å². The zero-order valence-electron chi connectivity index (χ0n) is 10.2. The molecule has 6 heteroatoms. The number of hydrogen-bond acceptors (Lipinski definition) is 2. The molecule has 0 spiro atoms. The van der Waals surface area contributed by atoms with Crippen LogP contribution in [0, 0.1) is 11.6 Å². The molecule has 0 aliphatic heterocycles. The van der Waals surface area contributed by atoms with E-state index in [-0.39, 0.29) is 12.0 Å². The molecule has 0 radical (unpaired) electrons. The lowest BCUT2D eigenvalue weighted by molar-refractivity contribution is -0.126. The Morgan fingerprint density at radius 1 is 1.37 bits per heavy atom. The number of carbonyl (C=O) groups is 2. The number of benzene rings is 1. The lowest BCUT2D eigenvalue weighted by Crippen LogP contribution is -2.44. The quantitative estimate of drug-likeness (QED) is 0.757. The number of carbonyl (C=O) groups excluding carboxylic acids is 2. The molecule has 1 atom stereocenters. The Bertz CT molecular complexity index is 483. The minimum absolute atomic E-state index is 0.154. The van der Waals surface area contributed by atoms with Gasteiger partial charge in [-0.05, 0) is 18.6 Å². The van der Waals surface area contributed by atoms with E-state index >= 15 is 0 Å². The summed E-state index contributed by atoms with van der Waals surface area (Å²) >= 11 is 0. The number of nitrogens with two attached hydrogens (primary N) is 1. The van der Waals surface area contributed by atoms with Crippen molar-refractivity contribution in [3.05, 3.63) is 48.1 Å². The van der Waals surface area contributed by atoms with Gasteiger partial charge in [0.2, 0.25) is 11.8 Å². The van der Waals surface area contributed by atoms with E-state index < -0.39 is 35.9 Å². The van der Waals surface area contributed by atoms with E-state index in [9.17, 15) is 18.4 Å². The summed E-state index contributed by atoms with van der Waals surface area (Å²) < 4.78 is 26.7. The molecule has 0 bridgehead atoms. The fraction of sp³-hybridized carbons (Fsp3) is 0.231. The molecular weight excluding hydrogens is 254 g/mol. The lowest BCUT2D eigenvalue weighted by Gasteiger charge is -2.13. The summed E-state index contributed by atoms with van der Waals surface area (Å²) in [6.07, 6.45) is 1.07. The molecule has 2 amide bonds. The second kappa shape index (κ2) is 6.63. The Kier molecular flexibility index (Phi) is 5.17. The summed E-state index contributed by atoms with van der Waals surface area (Å²) in [5.41, 5.74) is 4.73. The summed E-state index contributed by atoms with van der Waals surface area (Å²) in [5.74, 6) is -3.04. The van der Waals surface area contributed by atoms with Gasteiger partial charge in [0.25, 0.3) is 0 Å². The Morgan fingerprint density at radius 2 is 1.95 bits per heavy atom. The van der Waals surface area contributed by atoms with Crippen LogP contribution < -0.4 is 11.1 Å². The maximum atomic E-state index is 13.3. The lowest BCUT2D eigenvalue weighted by atomic mass is 10.1. The molecule has 1 aromatic carbocycles. The van der Waals surface area contributed by atoms with E-state index in [1.54, 1.807) is 0 Å². The number of halogens is 2. The maximum absolute atomic E-state index is 13.3. The van der Waals surface area contributed by atoms with Crippen LogP contribution in [0.15, 0.2) is 30.9 Å². The molecule has 0 fully saturated rings. The number of primary amides is 1. The maximum Gasteiger partial charge on any atom is 0.240 e. The fourth-order valence-corrected chi connectivity index (χ4v) is 1.52. The fourth-order valence-electron chi connectivity index (χ4n) is 1.52. The van der Waals surface area contributed by atoms with Crippen LogP contribution in [0.3, 0.4) is 0 Å². The molecule has 0 aliphatic carbocycles. The number of nitrogens with one attached hydrogen (secondary N) is 1. The molecule has 0 heterocycles. The van der Waals surface area contributed by atoms with Crippen LogP contribution >= 0.6 is 0 Å². The molecule has 3 N–H and O–H groups in total. The highest BCUT2D eigenvalue weighted by atomic mass is 19.1. The van der Waals surface area contributed by atoms with Gasteiger partial charge in [0.1, 0.15) is 17.7 Å². The normalized spacial score (nSPS) is 11.7. The molecule has 102 valence electrons. The average Bonchev–Trinajstić information content (AvgIpc) is 2.33. The van der Waals surface area contributed by atoms with Gasteiger partial charge in [-0.1, -0.05) is 12.1 Å². The van der Waals surface area contributed by atoms with Crippen LogP contribution in [-0.2, 0) is 16.0 Å². The van der Waals surface area contributed by atoms with Crippen molar-refractivity contribution in [1.29, 1.82) is 0 Å². The minimum atomic E-state index is -0.931. The van der Waals surface area contributed by atoms with Gasteiger partial charge in [0.15, 0.2) is 0 Å². The number of rotatable bonds is 6. The summed E-state index contributed by atoms with van der Waals surface area (Å²) in [7, 11) is 0. The number of hydrogen-bond donors (Lipinski definition) is 2. The molecule has 0 saturated carbocycles. The smallest absolute Gasteiger partial charge is 0.240 e. The first-order valence-corrected chi connectivity index (χ1v) is 5.58. The molecular formula is C13H14F2N2O2. The highest BCUT2D eigenvalue weighted by Gasteiger charge is 2.19. The summed E-state index contributed by atoms with van der Waals surface area (Å²) in [6.45, 7) is 3.42. The molecule has 1 aromatic rings. The van der Waals surface area contributed by atoms with Gasteiger partial charge in [-0.2, -0.15) is 0 Å². The Labute approximate surface area is 109 Å². The Balaban J connectivity index is 2.74. The second-order valence-electron chi connectivity index (χ2n) is 3.92. The Hall–Kier alpha value is -2.24. The van der Waals surface area contributed by atoms with E-state index in [1.165, 1.54) is 12.1 Å². The minimum Gasteiger partial charge on any atom is -0.368 e. The Morgan fingerprint density at radius 3 is 2.42 bits per heavy atom. The van der Waals surface area contributed by atoms with E-state index in [0.29, 0.717) is 0 Å². The van der Waals surface area contributed by atoms with Crippen LogP contribution in [0.2, 0.25) is 0 Å². The van der Waals surface area contributed by atoms with E-state index in [1.807, 2.05) is 0 Å². The van der Waals surface area contributed by atoms with Crippen molar-refractivity contribution in [2.45, 2.75) is 18.9 Å². The van der Waals surface area contributed by atoms with Crippen molar-refractivity contribution < 1.29 is 18.4 Å². The standard InChI is InChI=1S/C13H14F2N2O2/c1-2-4-11(13(16)19)17-12(18)7-8-9(14)5-3-6-10(8)15/h2-3,5-6,11H,1,4,7H2,(H2,16,19)(H,17,18)/t11-/m1/s1. The van der Waals surface area contributed by atoms with E-state index in [2.05, 4.69) is 11.9 Å². The van der Waals surface area contributed by atoms with Gasteiger partial charge in [-0.25, -0.2) is 8.78 Å². The summed E-state index contributed by atoms with van der Waals surface area (Å²) in [6, 6.07) is 2.39. The first kappa shape index (κ1) is 14.8. The third-order valence-corrected chi connectivity index (χ3v) is 2.48. The van der Waals surface area contributed by atoms with Gasteiger partial charge >= 0.3 is 0 Å². The summed E-state index contributed by atoms with van der Waals surface area (Å²) in [4.78, 5) is 22.6. The second-order valence-corrected chi connectivity index (χ2v) is 3.92. The topological polar surface area (TPSA) is 72.2 Å². The van der Waals surface area contributed by atoms with Crippen molar-refractivity contribution in [2.24, 2.45) is 5.73 Å². The predicted molar refractivity (Wildman–Crippen MR) is 66.0 cm³/mol. The van der Waals surface area contributed by atoms with E-state index in [0.717, 1.165) is 12.1 Å². The van der Waals surface area contributed by atoms with Crippen molar-refractivity contribution in [3.8, 4) is 0 Å². The first-order valence-electron chi connectivity index (χ1n) is 5.58. The SMILES string of the molecule is C=CC[C@@H](NC(=O)Cc1c(F)cccc1F)C(N)=O. The zero-order valence-corrected chi connectivity index (χ0v) is 10.2. The van der Waals surface area contributed by atoms with Gasteiger partial charge in [0, 0.05) is 5.56 Å². The molecule has 0 saturated heterocycles. The molecule has 0 aromatic heterocycles. The van der Waals surface area contributed by atoms with Crippen molar-refractivity contribution >= 4 is 11.8 Å². The molecule has 1 rings (SSSR count). The monoisotopic (exact) mass is 268 g/mol. The van der Waals surface area contributed by atoms with Crippen molar-refractivity contribution in [1.82, 2.24) is 5.32 Å². The third kappa shape index (κ3) is 4.17. The molecule has 0 aliphatic rings. The largest absolute Gasteiger partial charge is 0.368 e. The average molecular weight is 268 g/mol. The van der Waals surface area contributed by atoms with Crippen LogP contribution in [0.4, 0.5) is 8.78 Å². The highest BCUT2D eigenvalue weighted by molar-refractivity contribution is 5.87. The van der Waals surface area contributed by atoms with Gasteiger partial charge in [-0.15, -0.1) is 6.58 Å². The molecule has 19 heavy (non-hydrogen) atoms. The van der Waals surface area contributed by atoms with Crippen molar-refractivity contribution in [3.63, 3.8) is 0 Å². The first-order chi connectivity index (χ1) is 8.95. The van der Waals surface area contributed by atoms with Crippen LogP contribution in [0.25, 0.3) is 0 Å².